The molecule has 3 N–H and O–H groups in total. The number of nitrogens with two attached hydrogens (primary N) is 1. The average molecular weight is 239 g/mol. The summed E-state index contributed by atoms with van der Waals surface area (Å²) in [6.45, 7) is 2.02. The minimum atomic E-state index is 0.292. The summed E-state index contributed by atoms with van der Waals surface area (Å²) in [7, 11) is 1.60. The Kier molecular flexibility index (Phi) is 4.79. The molecule has 86 valence electrons. The van der Waals surface area contributed by atoms with Crippen LogP contribution in [-0.2, 0) is 0 Å². The highest BCUT2D eigenvalue weighted by Gasteiger charge is 2.01. The molecule has 0 aliphatic carbocycles. The summed E-state index contributed by atoms with van der Waals surface area (Å²) in [5.74, 6) is 0.292. The Labute approximate surface area is 100 Å². The molecular weight excluding hydrogens is 224 g/mol. The van der Waals surface area contributed by atoms with Crippen molar-refractivity contribution in [2.45, 2.75) is 13.3 Å². The van der Waals surface area contributed by atoms with E-state index in [1.165, 1.54) is 0 Å². The molecule has 16 heavy (non-hydrogen) atoms. The molecule has 5 heteroatoms. The molecule has 0 aliphatic heterocycles. The predicted molar refractivity (Wildman–Crippen MR) is 69.0 cm³/mol. The smallest absolute Gasteiger partial charge is 0.209 e. The van der Waals surface area contributed by atoms with Gasteiger partial charge in [-0.15, -0.1) is 0 Å². The minimum Gasteiger partial charge on any atom is -0.369 e. The molecule has 0 aromatic heterocycles. The van der Waals surface area contributed by atoms with Crippen molar-refractivity contribution in [2.75, 3.05) is 7.05 Å². The molecule has 0 saturated heterocycles. The number of hydrogen-bond acceptors (Lipinski definition) is 2. The number of benzene rings is 1. The van der Waals surface area contributed by atoms with Crippen LogP contribution in [0.2, 0.25) is 5.02 Å². The fraction of sp³-hybridized carbons (Fsp3) is 0.273. The number of hydrogen-bond donors (Lipinski definition) is 2. The standard InChI is InChI=1S/C11H15ClN4/c1-3-10(15-16-11(13)14-2)8-4-6-9(12)7-5-8/h4-7H,3H2,1-2H3,(H3,13,14,16)/b15-10+. The van der Waals surface area contributed by atoms with Gasteiger partial charge < -0.3 is 5.73 Å². The monoisotopic (exact) mass is 238 g/mol. The molecule has 0 heterocycles. The van der Waals surface area contributed by atoms with Crippen LogP contribution in [-0.4, -0.2) is 18.7 Å². The van der Waals surface area contributed by atoms with E-state index in [2.05, 4.69) is 15.5 Å². The molecule has 0 amide bonds. The number of aliphatic imine (C=N–C) groups is 1. The van der Waals surface area contributed by atoms with Crippen molar-refractivity contribution in [3.05, 3.63) is 34.9 Å². The van der Waals surface area contributed by atoms with Crippen molar-refractivity contribution in [1.29, 1.82) is 0 Å². The highest BCUT2D eigenvalue weighted by molar-refractivity contribution is 6.30. The molecule has 0 unspecified atom stereocenters. The summed E-state index contributed by atoms with van der Waals surface area (Å²) in [4.78, 5) is 3.76. The SMILES string of the molecule is CC/C(=N\NC(N)=NC)c1ccc(Cl)cc1. The first-order valence-electron chi connectivity index (χ1n) is 4.98. The zero-order valence-electron chi connectivity index (χ0n) is 9.37. The number of nitrogens with one attached hydrogen (secondary N) is 1. The third kappa shape index (κ3) is 3.55. The number of hydrazone groups is 1. The van der Waals surface area contributed by atoms with E-state index in [1.807, 2.05) is 31.2 Å². The van der Waals surface area contributed by atoms with Gasteiger partial charge in [-0.3, -0.25) is 4.99 Å². The topological polar surface area (TPSA) is 62.8 Å². The molecule has 0 atom stereocenters. The first-order chi connectivity index (χ1) is 7.67. The van der Waals surface area contributed by atoms with Crippen molar-refractivity contribution >= 4 is 23.3 Å². The average Bonchev–Trinajstić information content (AvgIpc) is 2.31. The minimum absolute atomic E-state index is 0.292. The lowest BCUT2D eigenvalue weighted by Crippen LogP contribution is -2.28. The lowest BCUT2D eigenvalue weighted by Gasteiger charge is -2.05. The van der Waals surface area contributed by atoms with Crippen molar-refractivity contribution in [3.8, 4) is 0 Å². The van der Waals surface area contributed by atoms with E-state index in [9.17, 15) is 0 Å². The summed E-state index contributed by atoms with van der Waals surface area (Å²) in [5, 5.41) is 4.89. The highest BCUT2D eigenvalue weighted by Crippen LogP contribution is 2.11. The van der Waals surface area contributed by atoms with Crippen LogP contribution in [0, 0.1) is 0 Å². The van der Waals surface area contributed by atoms with Gasteiger partial charge in [0, 0.05) is 12.1 Å². The van der Waals surface area contributed by atoms with Gasteiger partial charge in [0.1, 0.15) is 0 Å². The first-order valence-corrected chi connectivity index (χ1v) is 5.36. The molecule has 1 rings (SSSR count). The van der Waals surface area contributed by atoms with Crippen LogP contribution in [0.25, 0.3) is 0 Å². The zero-order valence-corrected chi connectivity index (χ0v) is 10.1. The second kappa shape index (κ2) is 6.12. The van der Waals surface area contributed by atoms with Gasteiger partial charge >= 0.3 is 0 Å². The van der Waals surface area contributed by atoms with Crippen LogP contribution in [0.1, 0.15) is 18.9 Å². The Morgan fingerprint density at radius 1 is 1.38 bits per heavy atom. The Morgan fingerprint density at radius 2 is 2.00 bits per heavy atom. The molecule has 0 aliphatic rings. The maximum atomic E-state index is 5.81. The van der Waals surface area contributed by atoms with E-state index in [0.29, 0.717) is 11.0 Å². The van der Waals surface area contributed by atoms with Gasteiger partial charge in [0.15, 0.2) is 0 Å². The maximum Gasteiger partial charge on any atom is 0.209 e. The Morgan fingerprint density at radius 3 is 2.50 bits per heavy atom. The van der Waals surface area contributed by atoms with Crippen LogP contribution in [0.3, 0.4) is 0 Å². The second-order valence-corrected chi connectivity index (χ2v) is 3.58. The van der Waals surface area contributed by atoms with Gasteiger partial charge in [-0.2, -0.15) is 5.10 Å². The summed E-state index contributed by atoms with van der Waals surface area (Å²) in [6, 6.07) is 7.51. The molecule has 1 aromatic carbocycles. The van der Waals surface area contributed by atoms with E-state index in [0.717, 1.165) is 17.7 Å². The molecule has 4 nitrogen and oxygen atoms in total. The first kappa shape index (κ1) is 12.5. The fourth-order valence-electron chi connectivity index (χ4n) is 1.16. The van der Waals surface area contributed by atoms with E-state index >= 15 is 0 Å². The lowest BCUT2D eigenvalue weighted by atomic mass is 10.1. The van der Waals surface area contributed by atoms with Crippen LogP contribution >= 0.6 is 11.6 Å². The third-order valence-electron chi connectivity index (χ3n) is 2.06. The van der Waals surface area contributed by atoms with Gasteiger partial charge in [0.25, 0.3) is 0 Å². The zero-order chi connectivity index (χ0) is 12.0. The molecule has 0 spiro atoms. The number of rotatable bonds is 3. The second-order valence-electron chi connectivity index (χ2n) is 3.14. The fourth-order valence-corrected chi connectivity index (χ4v) is 1.29. The summed E-state index contributed by atoms with van der Waals surface area (Å²) in [5.41, 5.74) is 10.1. The van der Waals surface area contributed by atoms with Crippen LogP contribution < -0.4 is 11.2 Å². The Bertz CT molecular complexity index is 395. The predicted octanol–water partition coefficient (Wildman–Crippen LogP) is 1.99. The molecule has 0 bridgehead atoms. The summed E-state index contributed by atoms with van der Waals surface area (Å²) >= 11 is 5.81. The summed E-state index contributed by atoms with van der Waals surface area (Å²) in [6.07, 6.45) is 0.797. The van der Waals surface area contributed by atoms with Crippen LogP contribution in [0.15, 0.2) is 34.4 Å². The Balaban J connectivity index is 2.85. The lowest BCUT2D eigenvalue weighted by molar-refractivity contribution is 0.985. The highest BCUT2D eigenvalue weighted by atomic mass is 35.5. The van der Waals surface area contributed by atoms with Gasteiger partial charge in [-0.25, -0.2) is 5.43 Å². The quantitative estimate of drug-likeness (QED) is 0.481. The number of nitrogens with zero attached hydrogens (tertiary/aromatic N) is 2. The number of halogens is 1. The molecular formula is C11H15ClN4. The van der Waals surface area contributed by atoms with Gasteiger partial charge in [-0.1, -0.05) is 30.7 Å². The van der Waals surface area contributed by atoms with Crippen LogP contribution in [0.4, 0.5) is 0 Å². The van der Waals surface area contributed by atoms with Gasteiger partial charge in [0.05, 0.1) is 5.71 Å². The molecule has 1 aromatic rings. The van der Waals surface area contributed by atoms with E-state index in [4.69, 9.17) is 17.3 Å². The molecule has 0 radical (unpaired) electrons. The van der Waals surface area contributed by atoms with Crippen molar-refractivity contribution in [1.82, 2.24) is 5.43 Å². The van der Waals surface area contributed by atoms with Crippen molar-refractivity contribution in [3.63, 3.8) is 0 Å². The van der Waals surface area contributed by atoms with E-state index in [1.54, 1.807) is 7.05 Å². The maximum absolute atomic E-state index is 5.81. The normalized spacial score (nSPS) is 12.7. The van der Waals surface area contributed by atoms with Crippen LogP contribution in [0.5, 0.6) is 0 Å². The summed E-state index contributed by atoms with van der Waals surface area (Å²) < 4.78 is 0. The molecule has 0 saturated carbocycles. The molecule has 0 fully saturated rings. The Hall–Kier alpha value is -1.55. The van der Waals surface area contributed by atoms with Crippen molar-refractivity contribution in [2.24, 2.45) is 15.8 Å². The largest absolute Gasteiger partial charge is 0.369 e. The number of guanidine groups is 1. The third-order valence-corrected chi connectivity index (χ3v) is 2.31. The van der Waals surface area contributed by atoms with Gasteiger partial charge in [0.2, 0.25) is 5.96 Å². The van der Waals surface area contributed by atoms with E-state index < -0.39 is 0 Å². The van der Waals surface area contributed by atoms with Crippen molar-refractivity contribution < 1.29 is 0 Å². The van der Waals surface area contributed by atoms with Gasteiger partial charge in [-0.05, 0) is 24.1 Å². The van der Waals surface area contributed by atoms with E-state index in [-0.39, 0.29) is 0 Å².